The first kappa shape index (κ1) is 22.4. The van der Waals surface area contributed by atoms with Gasteiger partial charge < -0.3 is 10.2 Å². The molecular formula is C26H32N8. The van der Waals surface area contributed by atoms with Gasteiger partial charge in [-0.2, -0.15) is 10.2 Å². The third kappa shape index (κ3) is 5.22. The van der Waals surface area contributed by atoms with E-state index in [1.807, 2.05) is 41.5 Å². The van der Waals surface area contributed by atoms with E-state index in [1.165, 1.54) is 31.5 Å². The molecule has 0 aliphatic carbocycles. The maximum absolute atomic E-state index is 4.78. The van der Waals surface area contributed by atoms with Gasteiger partial charge in [-0.3, -0.25) is 9.67 Å². The number of aryl methyl sites for hydroxylation is 1. The number of nitrogens with one attached hydrogen (secondary N) is 1. The number of fused-ring (bicyclic) bond motifs is 1. The zero-order valence-electron chi connectivity index (χ0n) is 20.0. The molecule has 0 bridgehead atoms. The van der Waals surface area contributed by atoms with Crippen LogP contribution in [0.1, 0.15) is 51.0 Å². The molecule has 1 saturated heterocycles. The quantitative estimate of drug-likeness (QED) is 0.378. The highest BCUT2D eigenvalue weighted by atomic mass is 15.3. The highest BCUT2D eigenvalue weighted by Crippen LogP contribution is 2.24. The van der Waals surface area contributed by atoms with Gasteiger partial charge in [0.05, 0.1) is 23.4 Å². The predicted octanol–water partition coefficient (Wildman–Crippen LogP) is 5.03. The lowest BCUT2D eigenvalue weighted by molar-refractivity contribution is 0.322. The lowest BCUT2D eigenvalue weighted by atomic mass is 10.0. The van der Waals surface area contributed by atoms with Crippen molar-refractivity contribution in [1.29, 1.82) is 0 Å². The van der Waals surface area contributed by atoms with Gasteiger partial charge >= 0.3 is 0 Å². The molecule has 5 rings (SSSR count). The van der Waals surface area contributed by atoms with Gasteiger partial charge in [0.25, 0.3) is 0 Å². The number of anilines is 2. The van der Waals surface area contributed by atoms with E-state index in [1.54, 1.807) is 0 Å². The van der Waals surface area contributed by atoms with Crippen LogP contribution in [-0.4, -0.2) is 54.5 Å². The Kier molecular flexibility index (Phi) is 6.76. The van der Waals surface area contributed by atoms with E-state index >= 15 is 0 Å². The van der Waals surface area contributed by atoms with Crippen LogP contribution < -0.4 is 5.32 Å². The molecule has 0 spiro atoms. The summed E-state index contributed by atoms with van der Waals surface area (Å²) in [7, 11) is 0. The number of hydrogen-bond acceptors (Lipinski definition) is 7. The average Bonchev–Trinajstić information content (AvgIpc) is 3.56. The Morgan fingerprint density at radius 3 is 2.71 bits per heavy atom. The van der Waals surface area contributed by atoms with Gasteiger partial charge in [0.15, 0.2) is 5.82 Å². The Balaban J connectivity index is 1.29. The minimum Gasteiger partial charge on any atom is -0.323 e. The lowest BCUT2D eigenvalue weighted by Gasteiger charge is -2.13. The Morgan fingerprint density at radius 1 is 0.971 bits per heavy atom. The second-order valence-electron chi connectivity index (χ2n) is 9.16. The number of nitrogens with zero attached hydrogens (tertiary/aromatic N) is 7. The molecule has 1 fully saturated rings. The minimum atomic E-state index is 0.438. The normalized spacial score (nSPS) is 15.1. The third-order valence-corrected chi connectivity index (χ3v) is 6.68. The minimum absolute atomic E-state index is 0.438. The summed E-state index contributed by atoms with van der Waals surface area (Å²) < 4.78 is 2.03. The third-order valence-electron chi connectivity index (χ3n) is 6.68. The van der Waals surface area contributed by atoms with Gasteiger partial charge in [0.1, 0.15) is 5.82 Å². The standard InChI is InChI=1S/C26H32N8/c1-3-19(2)20-14-26(32-28-16-20)31-25-8-7-23-24(30-25)13-21(15-27-23)22-17-29-34(18-22)12-6-11-33-9-4-5-10-33/h7-8,13-19H,3-6,9-12H2,1-2H3,(H,30,31,32). The smallest absolute Gasteiger partial charge is 0.154 e. The van der Waals surface area contributed by atoms with Crippen LogP contribution in [0.5, 0.6) is 0 Å². The van der Waals surface area contributed by atoms with E-state index in [-0.39, 0.29) is 0 Å². The molecule has 1 aliphatic heterocycles. The molecule has 1 aliphatic rings. The maximum Gasteiger partial charge on any atom is 0.154 e. The summed E-state index contributed by atoms with van der Waals surface area (Å²) >= 11 is 0. The van der Waals surface area contributed by atoms with Crippen molar-refractivity contribution >= 4 is 22.7 Å². The van der Waals surface area contributed by atoms with E-state index in [0.717, 1.165) is 53.9 Å². The van der Waals surface area contributed by atoms with Crippen LogP contribution in [0.25, 0.3) is 22.2 Å². The summed E-state index contributed by atoms with van der Waals surface area (Å²) in [4.78, 5) is 11.9. The fourth-order valence-corrected chi connectivity index (χ4v) is 4.41. The first-order valence-corrected chi connectivity index (χ1v) is 12.3. The van der Waals surface area contributed by atoms with Crippen LogP contribution in [-0.2, 0) is 6.54 Å². The van der Waals surface area contributed by atoms with Crippen LogP contribution in [0.3, 0.4) is 0 Å². The molecule has 176 valence electrons. The SMILES string of the molecule is CCC(C)c1cnnc(Nc2ccc3ncc(-c4cnn(CCCN5CCCC5)c4)cc3n2)c1. The zero-order valence-corrected chi connectivity index (χ0v) is 20.0. The molecule has 1 unspecified atom stereocenters. The summed E-state index contributed by atoms with van der Waals surface area (Å²) in [6.07, 6.45) is 12.6. The van der Waals surface area contributed by atoms with Crippen LogP contribution in [0.4, 0.5) is 11.6 Å². The van der Waals surface area contributed by atoms with E-state index in [9.17, 15) is 0 Å². The van der Waals surface area contributed by atoms with Crippen LogP contribution >= 0.6 is 0 Å². The summed E-state index contributed by atoms with van der Waals surface area (Å²) in [5.41, 5.74) is 4.92. The van der Waals surface area contributed by atoms with E-state index in [4.69, 9.17) is 4.98 Å². The van der Waals surface area contributed by atoms with Crippen molar-refractivity contribution in [2.45, 2.75) is 52.0 Å². The summed E-state index contributed by atoms with van der Waals surface area (Å²) in [5, 5.41) is 16.2. The highest BCUT2D eigenvalue weighted by Gasteiger charge is 2.11. The molecule has 0 amide bonds. The molecule has 0 saturated carbocycles. The Bertz CT molecular complexity index is 1240. The molecule has 8 heteroatoms. The fraction of sp³-hybridized carbons (Fsp3) is 0.423. The van der Waals surface area contributed by atoms with Gasteiger partial charge in [-0.25, -0.2) is 4.98 Å². The molecule has 1 N–H and O–H groups in total. The maximum atomic E-state index is 4.78. The molecule has 0 radical (unpaired) electrons. The van der Waals surface area contributed by atoms with Crippen molar-refractivity contribution < 1.29 is 0 Å². The lowest BCUT2D eigenvalue weighted by Crippen LogP contribution is -2.21. The molecule has 4 aromatic rings. The van der Waals surface area contributed by atoms with Crippen molar-refractivity contribution in [2.75, 3.05) is 25.0 Å². The monoisotopic (exact) mass is 456 g/mol. The van der Waals surface area contributed by atoms with Crippen molar-refractivity contribution in [3.63, 3.8) is 0 Å². The van der Waals surface area contributed by atoms with Gasteiger partial charge in [0.2, 0.25) is 0 Å². The van der Waals surface area contributed by atoms with E-state index in [0.29, 0.717) is 11.7 Å². The van der Waals surface area contributed by atoms with Gasteiger partial charge in [0, 0.05) is 30.1 Å². The number of pyridine rings is 2. The second kappa shape index (κ2) is 10.3. The summed E-state index contributed by atoms with van der Waals surface area (Å²) in [6.45, 7) is 8.93. The zero-order chi connectivity index (χ0) is 23.3. The van der Waals surface area contributed by atoms with Gasteiger partial charge in [-0.15, -0.1) is 5.10 Å². The molecule has 1 atom stereocenters. The average molecular weight is 457 g/mol. The molecular weight excluding hydrogens is 424 g/mol. The number of likely N-dealkylation sites (tertiary alicyclic amines) is 1. The van der Waals surface area contributed by atoms with Crippen LogP contribution in [0.2, 0.25) is 0 Å². The molecule has 8 nitrogen and oxygen atoms in total. The fourth-order valence-electron chi connectivity index (χ4n) is 4.41. The predicted molar refractivity (Wildman–Crippen MR) is 135 cm³/mol. The number of aromatic nitrogens is 6. The van der Waals surface area contributed by atoms with Crippen molar-refractivity contribution in [3.05, 3.63) is 54.6 Å². The van der Waals surface area contributed by atoms with Crippen molar-refractivity contribution in [2.24, 2.45) is 0 Å². The van der Waals surface area contributed by atoms with Crippen LogP contribution in [0.15, 0.2) is 49.1 Å². The Hall–Kier alpha value is -3.39. The molecule has 34 heavy (non-hydrogen) atoms. The first-order valence-electron chi connectivity index (χ1n) is 12.3. The topological polar surface area (TPSA) is 84.7 Å². The molecule has 5 heterocycles. The van der Waals surface area contributed by atoms with Crippen molar-refractivity contribution in [3.8, 4) is 11.1 Å². The molecule has 4 aromatic heterocycles. The second-order valence-corrected chi connectivity index (χ2v) is 9.16. The van der Waals surface area contributed by atoms with E-state index in [2.05, 4.69) is 56.6 Å². The van der Waals surface area contributed by atoms with Crippen molar-refractivity contribution in [1.82, 2.24) is 34.8 Å². The number of rotatable bonds is 9. The number of hydrogen-bond donors (Lipinski definition) is 1. The largest absolute Gasteiger partial charge is 0.323 e. The molecule has 0 aromatic carbocycles. The Morgan fingerprint density at radius 2 is 1.85 bits per heavy atom. The summed E-state index contributed by atoms with van der Waals surface area (Å²) in [5.74, 6) is 1.86. The van der Waals surface area contributed by atoms with Gasteiger partial charge in [-0.1, -0.05) is 13.8 Å². The van der Waals surface area contributed by atoms with Gasteiger partial charge in [-0.05, 0) is 81.1 Å². The Labute approximate surface area is 200 Å². The van der Waals surface area contributed by atoms with E-state index < -0.39 is 0 Å². The first-order chi connectivity index (χ1) is 16.7. The summed E-state index contributed by atoms with van der Waals surface area (Å²) in [6, 6.07) is 8.01. The highest BCUT2D eigenvalue weighted by molar-refractivity contribution is 5.81. The van der Waals surface area contributed by atoms with Crippen LogP contribution in [0, 0.1) is 0 Å².